The fourth-order valence-corrected chi connectivity index (χ4v) is 6.28. The zero-order valence-corrected chi connectivity index (χ0v) is 15.8. The van der Waals surface area contributed by atoms with E-state index < -0.39 is 17.9 Å². The third kappa shape index (κ3) is 4.31. The minimum atomic E-state index is -1.01. The van der Waals surface area contributed by atoms with Crippen molar-refractivity contribution in [2.75, 3.05) is 20.6 Å². The van der Waals surface area contributed by atoms with Crippen LogP contribution in [-0.2, 0) is 17.9 Å². The molecule has 0 amide bonds. The van der Waals surface area contributed by atoms with E-state index in [4.69, 9.17) is 0 Å². The second kappa shape index (κ2) is 7.25. The van der Waals surface area contributed by atoms with Gasteiger partial charge in [0.05, 0.1) is 0 Å². The van der Waals surface area contributed by atoms with Crippen LogP contribution in [0.15, 0.2) is 20.6 Å². The van der Waals surface area contributed by atoms with Crippen LogP contribution in [0.5, 0.6) is 0 Å². The quantitative estimate of drug-likeness (QED) is 0.629. The van der Waals surface area contributed by atoms with Crippen LogP contribution in [0.25, 0.3) is 0 Å². The van der Waals surface area contributed by atoms with Gasteiger partial charge in [-0.25, -0.2) is 0 Å². The number of rotatable bonds is 6. The Morgan fingerprint density at radius 3 is 2.00 bits per heavy atom. The van der Waals surface area contributed by atoms with Gasteiger partial charge in [0.1, 0.15) is 0 Å². The summed E-state index contributed by atoms with van der Waals surface area (Å²) in [6, 6.07) is 0. The van der Waals surface area contributed by atoms with E-state index in [9.17, 15) is 0 Å². The molecule has 0 unspecified atom stereocenters. The Bertz CT molecular complexity index is 373. The molecule has 0 spiro atoms. The third-order valence-corrected chi connectivity index (χ3v) is 6.49. The predicted molar refractivity (Wildman–Crippen MR) is 83.2 cm³/mol. The number of hydrogen-bond donors (Lipinski definition) is 0. The molecule has 0 saturated carbocycles. The number of hydrogen-bond acceptors (Lipinski definition) is 1. The fraction of sp³-hybridized carbons (Fsp3) is 0.765. The van der Waals surface area contributed by atoms with Crippen LogP contribution in [0, 0.1) is 11.8 Å². The Morgan fingerprint density at radius 2 is 1.63 bits per heavy atom. The van der Waals surface area contributed by atoms with Crippen molar-refractivity contribution in [1.29, 1.82) is 0 Å². The molecule has 0 fully saturated rings. The summed E-state index contributed by atoms with van der Waals surface area (Å²) in [6.45, 7) is 10.7. The molecule has 0 bridgehead atoms. The summed E-state index contributed by atoms with van der Waals surface area (Å²) in [5, 5.41) is 5.05. The van der Waals surface area contributed by atoms with Gasteiger partial charge in [0.25, 0.3) is 0 Å². The van der Waals surface area contributed by atoms with Crippen LogP contribution >= 0.6 is 0 Å². The van der Waals surface area contributed by atoms with Crippen LogP contribution in [0.1, 0.15) is 40.5 Å². The summed E-state index contributed by atoms with van der Waals surface area (Å²) >= 11 is -1.01. The predicted octanol–water partition coefficient (Wildman–Crippen LogP) is 4.92. The van der Waals surface area contributed by atoms with E-state index in [2.05, 4.69) is 57.1 Å². The van der Waals surface area contributed by atoms with Crippen LogP contribution in [0.2, 0.25) is 10.5 Å². The van der Waals surface area contributed by atoms with E-state index in [1.54, 1.807) is 16.7 Å². The second-order valence-corrected chi connectivity index (χ2v) is 10.9. The molecule has 2 heteroatoms. The van der Waals surface area contributed by atoms with Crippen molar-refractivity contribution in [3.05, 3.63) is 20.6 Å². The van der Waals surface area contributed by atoms with Crippen molar-refractivity contribution >= 4 is 0 Å². The molecule has 0 radical (unpaired) electrons. The fourth-order valence-electron chi connectivity index (χ4n) is 3.13. The molecule has 1 aliphatic carbocycles. The van der Waals surface area contributed by atoms with Crippen LogP contribution in [0.3, 0.4) is 0 Å². The normalized spacial score (nSPS) is 16.6. The van der Waals surface area contributed by atoms with Crippen LogP contribution in [0.4, 0.5) is 0 Å². The number of nitrogens with zero attached hydrogens (tertiary/aromatic N) is 1. The van der Waals surface area contributed by atoms with Gasteiger partial charge in [0, 0.05) is 0 Å². The molecule has 0 aromatic rings. The molecule has 1 rings (SSSR count). The van der Waals surface area contributed by atoms with Gasteiger partial charge in [-0.05, 0) is 0 Å². The maximum absolute atomic E-state index is 2.52. The molecule has 0 aromatic carbocycles. The van der Waals surface area contributed by atoms with Gasteiger partial charge in [0.2, 0.25) is 0 Å². The molecule has 109 valence electrons. The molecule has 1 aliphatic rings. The van der Waals surface area contributed by atoms with E-state index in [0.717, 1.165) is 5.92 Å². The van der Waals surface area contributed by atoms with Gasteiger partial charge in [-0.2, -0.15) is 0 Å². The molecule has 0 heterocycles. The standard InChI is InChI=1S/C15H26N.2CH3.Ti/c1-11(2)14-9-13(7-8-16(5)6)15(10-14)12(3)4;;;/h11-12H,7-9H2,1-6H3;2*1H3;. The Labute approximate surface area is 127 Å². The summed E-state index contributed by atoms with van der Waals surface area (Å²) in [4.78, 5) is 2.31. The van der Waals surface area contributed by atoms with E-state index in [-0.39, 0.29) is 0 Å². The first-order chi connectivity index (χ1) is 8.75. The van der Waals surface area contributed by atoms with Gasteiger partial charge >= 0.3 is 127 Å². The minimum absolute atomic E-state index is 0.700. The van der Waals surface area contributed by atoms with Gasteiger partial charge in [0.15, 0.2) is 0 Å². The zero-order chi connectivity index (χ0) is 14.7. The number of allylic oxidation sites excluding steroid dienone is 3. The first-order valence-electron chi connectivity index (χ1n) is 7.66. The summed E-state index contributed by atoms with van der Waals surface area (Å²) in [5.41, 5.74) is 5.28. The van der Waals surface area contributed by atoms with Gasteiger partial charge in [-0.15, -0.1) is 0 Å². The van der Waals surface area contributed by atoms with Crippen molar-refractivity contribution in [1.82, 2.24) is 4.90 Å². The molecule has 0 aromatic heterocycles. The average molecular weight is 298 g/mol. The first-order valence-corrected chi connectivity index (χ1v) is 11.6. The Morgan fingerprint density at radius 1 is 1.05 bits per heavy atom. The molecular weight excluding hydrogens is 266 g/mol. The van der Waals surface area contributed by atoms with Crippen LogP contribution in [-0.4, -0.2) is 25.5 Å². The molecular formula is C17H32NTi. The third-order valence-electron chi connectivity index (χ3n) is 4.01. The molecule has 1 nitrogen and oxygen atoms in total. The van der Waals surface area contributed by atoms with Gasteiger partial charge in [-0.3, -0.25) is 0 Å². The van der Waals surface area contributed by atoms with Crippen molar-refractivity contribution in [2.45, 2.75) is 51.0 Å². The van der Waals surface area contributed by atoms with Crippen molar-refractivity contribution in [2.24, 2.45) is 11.8 Å². The van der Waals surface area contributed by atoms with Gasteiger partial charge < -0.3 is 0 Å². The molecule has 0 saturated heterocycles. The zero-order valence-electron chi connectivity index (χ0n) is 14.2. The second-order valence-electron chi connectivity index (χ2n) is 6.96. The van der Waals surface area contributed by atoms with Crippen molar-refractivity contribution < 1.29 is 17.9 Å². The van der Waals surface area contributed by atoms with Crippen molar-refractivity contribution in [3.63, 3.8) is 0 Å². The molecule has 0 N–H and O–H groups in total. The SMILES string of the molecule is CC(C)C1=[C]([Ti]([CH3])[CH3])C(C(C)C)=C(CCN(C)C)C1. The monoisotopic (exact) mass is 298 g/mol. The van der Waals surface area contributed by atoms with Crippen LogP contribution < -0.4 is 0 Å². The molecule has 19 heavy (non-hydrogen) atoms. The van der Waals surface area contributed by atoms with E-state index in [0.29, 0.717) is 5.92 Å². The van der Waals surface area contributed by atoms with Crippen molar-refractivity contribution in [3.8, 4) is 0 Å². The van der Waals surface area contributed by atoms with E-state index >= 15 is 0 Å². The van der Waals surface area contributed by atoms with Gasteiger partial charge in [-0.1, -0.05) is 0 Å². The molecule has 0 aliphatic heterocycles. The maximum atomic E-state index is 2.52. The summed E-state index contributed by atoms with van der Waals surface area (Å²) in [7, 11) is 4.36. The summed E-state index contributed by atoms with van der Waals surface area (Å²) in [5.74, 6) is 1.42. The Kier molecular flexibility index (Phi) is 6.56. The van der Waals surface area contributed by atoms with E-state index in [1.807, 2.05) is 3.88 Å². The summed E-state index contributed by atoms with van der Waals surface area (Å²) < 4.78 is 1.85. The van der Waals surface area contributed by atoms with E-state index in [1.165, 1.54) is 19.4 Å². The molecule has 0 atom stereocenters. The Hall–Kier alpha value is 0.154. The average Bonchev–Trinajstić information content (AvgIpc) is 2.65. The Balaban J connectivity index is 3.10. The summed E-state index contributed by atoms with van der Waals surface area (Å²) in [6.07, 6.45) is 2.53. The first kappa shape index (κ1) is 17.2. The topological polar surface area (TPSA) is 3.24 Å².